The summed E-state index contributed by atoms with van der Waals surface area (Å²) in [4.78, 5) is 0.645. The summed E-state index contributed by atoms with van der Waals surface area (Å²) >= 11 is 7.11. The third-order valence-corrected chi connectivity index (χ3v) is 3.38. The highest BCUT2D eigenvalue weighted by Gasteiger charge is 2.02. The molecule has 0 nitrogen and oxygen atoms in total. The number of rotatable bonds is 5. The Bertz CT molecular complexity index is 221. The summed E-state index contributed by atoms with van der Waals surface area (Å²) in [7, 11) is 0. The first kappa shape index (κ1) is 11.3. The van der Waals surface area contributed by atoms with E-state index in [1.165, 1.54) is 24.8 Å². The van der Waals surface area contributed by atoms with Crippen molar-refractivity contribution in [1.82, 2.24) is 0 Å². The van der Waals surface area contributed by atoms with Crippen molar-refractivity contribution in [3.8, 4) is 0 Å². The van der Waals surface area contributed by atoms with Crippen LogP contribution in [0.1, 0.15) is 18.4 Å². The van der Waals surface area contributed by atoms with E-state index in [1.807, 2.05) is 0 Å². The number of hydrogen-bond donors (Lipinski definition) is 0. The molecule has 0 radical (unpaired) electrons. The van der Waals surface area contributed by atoms with Gasteiger partial charge < -0.3 is 0 Å². The van der Waals surface area contributed by atoms with Crippen LogP contribution in [0.5, 0.6) is 0 Å². The van der Waals surface area contributed by atoms with Crippen LogP contribution < -0.4 is 0 Å². The van der Waals surface area contributed by atoms with Gasteiger partial charge >= 0.3 is 0 Å². The quantitative estimate of drug-likeness (QED) is 0.716. The Labute approximate surface area is 97.0 Å². The predicted molar refractivity (Wildman–Crippen MR) is 65.9 cm³/mol. The molecule has 0 heterocycles. The smallest absolute Gasteiger partial charge is 0.0156 e. The molecule has 13 heavy (non-hydrogen) atoms. The molecule has 1 rings (SSSR count). The fourth-order valence-electron chi connectivity index (χ4n) is 1.23. The Kier molecular flexibility index (Phi) is 5.72. The van der Waals surface area contributed by atoms with Crippen LogP contribution in [0.25, 0.3) is 0 Å². The largest absolute Gasteiger partial charge is 0.0928 e. The van der Waals surface area contributed by atoms with E-state index in [-0.39, 0.29) is 0 Å². The minimum Gasteiger partial charge on any atom is -0.0928 e. The van der Waals surface area contributed by atoms with Crippen molar-refractivity contribution in [3.63, 3.8) is 0 Å². The van der Waals surface area contributed by atoms with E-state index in [9.17, 15) is 0 Å². The van der Waals surface area contributed by atoms with Gasteiger partial charge in [-0.1, -0.05) is 62.2 Å². The van der Waals surface area contributed by atoms with Gasteiger partial charge in [-0.15, -0.1) is 0 Å². The summed E-state index contributed by atoms with van der Waals surface area (Å²) in [5, 5.41) is 1.08. The van der Waals surface area contributed by atoms with Gasteiger partial charge in [0.05, 0.1) is 0 Å². The Morgan fingerprint density at radius 3 is 2.38 bits per heavy atom. The third-order valence-electron chi connectivity index (χ3n) is 2.01. The molecule has 1 aromatic rings. The van der Waals surface area contributed by atoms with Crippen LogP contribution in [0.3, 0.4) is 0 Å². The topological polar surface area (TPSA) is 0 Å². The van der Waals surface area contributed by atoms with E-state index in [1.54, 1.807) is 0 Å². The van der Waals surface area contributed by atoms with Crippen LogP contribution in [0, 0.1) is 0 Å². The molecule has 0 aliphatic heterocycles. The van der Waals surface area contributed by atoms with Crippen molar-refractivity contribution in [2.45, 2.75) is 24.1 Å². The molecule has 1 aromatic carbocycles. The summed E-state index contributed by atoms with van der Waals surface area (Å²) in [6, 6.07) is 10.6. The zero-order chi connectivity index (χ0) is 9.52. The minimum atomic E-state index is 0.645. The van der Waals surface area contributed by atoms with Crippen molar-refractivity contribution in [2.24, 2.45) is 0 Å². The average Bonchev–Trinajstić information content (AvgIpc) is 2.17. The fraction of sp³-hybridized carbons (Fsp3) is 0.455. The Morgan fingerprint density at radius 2 is 1.77 bits per heavy atom. The van der Waals surface area contributed by atoms with Crippen LogP contribution >= 0.6 is 31.9 Å². The highest BCUT2D eigenvalue weighted by atomic mass is 79.9. The Balaban J connectivity index is 2.27. The Hall–Kier alpha value is 0.180. The molecule has 0 saturated heterocycles. The van der Waals surface area contributed by atoms with Crippen LogP contribution in [-0.2, 0) is 6.42 Å². The zero-order valence-corrected chi connectivity index (χ0v) is 10.7. The second-order valence-corrected chi connectivity index (χ2v) is 5.19. The van der Waals surface area contributed by atoms with Gasteiger partial charge in [0.25, 0.3) is 0 Å². The molecule has 2 heteroatoms. The first-order valence-corrected chi connectivity index (χ1v) is 6.60. The minimum absolute atomic E-state index is 0.645. The van der Waals surface area contributed by atoms with Crippen LogP contribution in [-0.4, -0.2) is 10.2 Å². The normalized spacial score (nSPS) is 12.8. The lowest BCUT2D eigenvalue weighted by Crippen LogP contribution is -2.00. The first-order chi connectivity index (χ1) is 6.33. The predicted octanol–water partition coefficient (Wildman–Crippen LogP) is 4.17. The van der Waals surface area contributed by atoms with E-state index in [4.69, 9.17) is 0 Å². The third kappa shape index (κ3) is 4.82. The van der Waals surface area contributed by atoms with E-state index in [0.29, 0.717) is 4.83 Å². The molecular formula is C11H14Br2. The summed E-state index contributed by atoms with van der Waals surface area (Å²) in [5.41, 5.74) is 1.43. The van der Waals surface area contributed by atoms with E-state index < -0.39 is 0 Å². The number of hydrogen-bond acceptors (Lipinski definition) is 0. The lowest BCUT2D eigenvalue weighted by molar-refractivity contribution is 0.753. The monoisotopic (exact) mass is 304 g/mol. The van der Waals surface area contributed by atoms with Crippen LogP contribution in [0.4, 0.5) is 0 Å². The van der Waals surface area contributed by atoms with Crippen molar-refractivity contribution in [1.29, 1.82) is 0 Å². The SMILES string of the molecule is BrCCC(Br)CCc1ccccc1. The second kappa shape index (κ2) is 6.61. The lowest BCUT2D eigenvalue weighted by Gasteiger charge is -2.06. The fourth-order valence-corrected chi connectivity index (χ4v) is 2.86. The summed E-state index contributed by atoms with van der Waals surface area (Å²) < 4.78 is 0. The molecule has 0 bridgehead atoms. The van der Waals surface area contributed by atoms with Gasteiger partial charge in [0, 0.05) is 10.2 Å². The van der Waals surface area contributed by atoms with Crippen LogP contribution in [0.2, 0.25) is 0 Å². The summed E-state index contributed by atoms with van der Waals surface area (Å²) in [5.74, 6) is 0. The maximum Gasteiger partial charge on any atom is 0.0156 e. The van der Waals surface area contributed by atoms with Crippen molar-refractivity contribution >= 4 is 31.9 Å². The molecule has 0 saturated carbocycles. The molecule has 0 aromatic heterocycles. The lowest BCUT2D eigenvalue weighted by atomic mass is 10.1. The summed E-state index contributed by atoms with van der Waals surface area (Å²) in [6.45, 7) is 0. The van der Waals surface area contributed by atoms with Crippen molar-refractivity contribution in [2.75, 3.05) is 5.33 Å². The van der Waals surface area contributed by atoms with Gasteiger partial charge in [-0.05, 0) is 24.8 Å². The highest BCUT2D eigenvalue weighted by molar-refractivity contribution is 9.10. The highest BCUT2D eigenvalue weighted by Crippen LogP contribution is 2.14. The van der Waals surface area contributed by atoms with E-state index in [0.717, 1.165) is 5.33 Å². The first-order valence-electron chi connectivity index (χ1n) is 4.57. The van der Waals surface area contributed by atoms with Gasteiger partial charge in [-0.2, -0.15) is 0 Å². The number of benzene rings is 1. The molecule has 1 unspecified atom stereocenters. The van der Waals surface area contributed by atoms with Gasteiger partial charge in [0.15, 0.2) is 0 Å². The molecule has 0 aliphatic carbocycles. The number of halogens is 2. The average molecular weight is 306 g/mol. The number of alkyl halides is 2. The van der Waals surface area contributed by atoms with E-state index >= 15 is 0 Å². The van der Waals surface area contributed by atoms with Crippen molar-refractivity contribution < 1.29 is 0 Å². The van der Waals surface area contributed by atoms with Crippen LogP contribution in [0.15, 0.2) is 30.3 Å². The molecule has 0 N–H and O–H groups in total. The Morgan fingerprint density at radius 1 is 1.08 bits per heavy atom. The maximum absolute atomic E-state index is 3.67. The second-order valence-electron chi connectivity index (χ2n) is 3.10. The molecule has 72 valence electrons. The summed E-state index contributed by atoms with van der Waals surface area (Å²) in [6.07, 6.45) is 3.59. The molecule has 0 spiro atoms. The van der Waals surface area contributed by atoms with Gasteiger partial charge in [0.2, 0.25) is 0 Å². The number of aryl methyl sites for hydroxylation is 1. The van der Waals surface area contributed by atoms with Gasteiger partial charge in [-0.25, -0.2) is 0 Å². The molecule has 0 fully saturated rings. The van der Waals surface area contributed by atoms with E-state index in [2.05, 4.69) is 62.2 Å². The maximum atomic E-state index is 3.67. The molecular weight excluding hydrogens is 292 g/mol. The zero-order valence-electron chi connectivity index (χ0n) is 7.55. The van der Waals surface area contributed by atoms with Crippen molar-refractivity contribution in [3.05, 3.63) is 35.9 Å². The van der Waals surface area contributed by atoms with Gasteiger partial charge in [-0.3, -0.25) is 0 Å². The molecule has 0 aliphatic rings. The molecule has 1 atom stereocenters. The molecule has 0 amide bonds. The standard InChI is InChI=1S/C11H14Br2/c12-9-8-11(13)7-6-10-4-2-1-3-5-10/h1-5,11H,6-9H2. The van der Waals surface area contributed by atoms with Gasteiger partial charge in [0.1, 0.15) is 0 Å².